The summed E-state index contributed by atoms with van der Waals surface area (Å²) in [6, 6.07) is 15.1. The van der Waals surface area contributed by atoms with Crippen LogP contribution >= 0.6 is 0 Å². The van der Waals surface area contributed by atoms with Crippen molar-refractivity contribution >= 4 is 19.7 Å². The molecule has 0 amide bonds. The summed E-state index contributed by atoms with van der Waals surface area (Å²) in [6.07, 6.45) is -0.175. The summed E-state index contributed by atoms with van der Waals surface area (Å²) in [5.74, 6) is -1.11. The van der Waals surface area contributed by atoms with Crippen molar-refractivity contribution in [2.24, 2.45) is 5.92 Å². The number of rotatable bonds is 7. The maximum atomic E-state index is 13.2. The summed E-state index contributed by atoms with van der Waals surface area (Å²) in [5, 5.41) is 22.9. The van der Waals surface area contributed by atoms with Gasteiger partial charge in [0.25, 0.3) is 0 Å². The number of hydrogen-bond donors (Lipinski definition) is 2. The fraction of sp³-hybridized carbons (Fsp3) is 0.417. The summed E-state index contributed by atoms with van der Waals surface area (Å²) >= 11 is 0. The minimum atomic E-state index is -1.35. The van der Waals surface area contributed by atoms with Crippen molar-refractivity contribution in [2.75, 3.05) is 11.7 Å². The van der Waals surface area contributed by atoms with Crippen LogP contribution in [-0.4, -0.2) is 43.1 Å². The zero-order valence-electron chi connectivity index (χ0n) is 18.0. The lowest BCUT2D eigenvalue weighted by molar-refractivity contribution is -0.151. The molecule has 1 aliphatic heterocycles. The van der Waals surface area contributed by atoms with Gasteiger partial charge in [0.15, 0.2) is 0 Å². The molecule has 0 saturated heterocycles. The second kappa shape index (κ2) is 9.33. The number of anilines is 1. The number of hydrogen-bond acceptors (Lipinski definition) is 5. The van der Waals surface area contributed by atoms with E-state index in [1.54, 1.807) is 6.07 Å². The molecule has 0 aromatic heterocycles. The lowest BCUT2D eigenvalue weighted by atomic mass is 9.82. The third-order valence-corrected chi connectivity index (χ3v) is 7.42. The molecule has 6 heteroatoms. The Bertz CT molecular complexity index is 880. The van der Waals surface area contributed by atoms with Crippen LogP contribution in [0.3, 0.4) is 0 Å². The average Bonchev–Trinajstić information content (AvgIpc) is 2.67. The zero-order chi connectivity index (χ0) is 21.9. The molecule has 0 fully saturated rings. The van der Waals surface area contributed by atoms with Gasteiger partial charge in [-0.15, -0.1) is 0 Å². The SMILES string of the molecule is [CH2]c1ccccc1CC(C(=O)OCC[Si](C)(C)C)C1C(O)Cc2ccccc2N1O. The number of hydroxylamine groups is 1. The average molecular weight is 427 g/mol. The van der Waals surface area contributed by atoms with Crippen LogP contribution in [0, 0.1) is 12.8 Å². The second-order valence-electron chi connectivity index (χ2n) is 9.29. The maximum absolute atomic E-state index is 13.2. The molecule has 2 N–H and O–H groups in total. The van der Waals surface area contributed by atoms with Crippen LogP contribution in [-0.2, 0) is 22.4 Å². The van der Waals surface area contributed by atoms with Crippen molar-refractivity contribution in [2.45, 2.75) is 50.7 Å². The molecule has 0 aliphatic carbocycles. The summed E-state index contributed by atoms with van der Waals surface area (Å²) in [7, 11) is -1.35. The molecule has 30 heavy (non-hydrogen) atoms. The van der Waals surface area contributed by atoms with Gasteiger partial charge >= 0.3 is 5.97 Å². The predicted molar refractivity (Wildman–Crippen MR) is 121 cm³/mol. The van der Waals surface area contributed by atoms with E-state index in [9.17, 15) is 15.1 Å². The van der Waals surface area contributed by atoms with E-state index in [4.69, 9.17) is 4.74 Å². The number of ether oxygens (including phenoxy) is 1. The Morgan fingerprint density at radius 1 is 1.20 bits per heavy atom. The monoisotopic (exact) mass is 426 g/mol. The lowest BCUT2D eigenvalue weighted by Gasteiger charge is -2.40. The predicted octanol–water partition coefficient (Wildman–Crippen LogP) is 4.09. The van der Waals surface area contributed by atoms with Gasteiger partial charge < -0.3 is 9.84 Å². The molecule has 161 valence electrons. The molecule has 2 aromatic rings. The van der Waals surface area contributed by atoms with Crippen LogP contribution in [0.15, 0.2) is 48.5 Å². The van der Waals surface area contributed by atoms with E-state index in [1.165, 1.54) is 0 Å². The fourth-order valence-corrected chi connectivity index (χ4v) is 4.63. The maximum Gasteiger partial charge on any atom is 0.311 e. The van der Waals surface area contributed by atoms with E-state index in [-0.39, 0.29) is 5.97 Å². The summed E-state index contributed by atoms with van der Waals surface area (Å²) in [5.41, 5.74) is 3.21. The Kier molecular flexibility index (Phi) is 7.01. The third kappa shape index (κ3) is 5.30. The summed E-state index contributed by atoms with van der Waals surface area (Å²) in [6.45, 7) is 11.1. The normalized spacial score (nSPS) is 19.9. The highest BCUT2D eigenvalue weighted by Crippen LogP contribution is 2.34. The zero-order valence-corrected chi connectivity index (χ0v) is 19.0. The van der Waals surface area contributed by atoms with Gasteiger partial charge in [-0.1, -0.05) is 62.1 Å². The number of para-hydroxylation sites is 1. The smallest absolute Gasteiger partial charge is 0.311 e. The molecular formula is C24H32NO4Si. The Balaban J connectivity index is 1.88. The van der Waals surface area contributed by atoms with E-state index in [1.807, 2.05) is 42.5 Å². The first-order valence-corrected chi connectivity index (χ1v) is 14.2. The second-order valence-corrected chi connectivity index (χ2v) is 14.9. The Morgan fingerprint density at radius 3 is 2.57 bits per heavy atom. The van der Waals surface area contributed by atoms with Crippen LogP contribution in [0.5, 0.6) is 0 Å². The Morgan fingerprint density at radius 2 is 1.87 bits per heavy atom. The Hall–Kier alpha value is -2.15. The first-order chi connectivity index (χ1) is 14.2. The highest BCUT2D eigenvalue weighted by atomic mass is 28.3. The molecule has 1 aliphatic rings. The number of aliphatic hydroxyl groups is 1. The van der Waals surface area contributed by atoms with Gasteiger partial charge in [0.2, 0.25) is 0 Å². The van der Waals surface area contributed by atoms with Crippen LogP contribution in [0.4, 0.5) is 5.69 Å². The van der Waals surface area contributed by atoms with E-state index < -0.39 is 26.1 Å². The summed E-state index contributed by atoms with van der Waals surface area (Å²) < 4.78 is 5.66. The first-order valence-electron chi connectivity index (χ1n) is 10.5. The largest absolute Gasteiger partial charge is 0.466 e. The van der Waals surface area contributed by atoms with E-state index in [0.717, 1.165) is 27.8 Å². The van der Waals surface area contributed by atoms with E-state index in [0.29, 0.717) is 25.1 Å². The van der Waals surface area contributed by atoms with Crippen LogP contribution in [0.25, 0.3) is 0 Å². The molecule has 3 rings (SSSR count). The standard InChI is InChI=1S/C24H32NO4Si/c1-17-9-5-6-10-18(17)15-20(24(27)29-13-14-30(2,3)4)23-22(26)16-19-11-7-8-12-21(19)25(23)28/h5-12,20,22-23,26,28H,1,13-16H2,2-4H3. The molecule has 0 bridgehead atoms. The van der Waals surface area contributed by atoms with Crippen molar-refractivity contribution in [3.63, 3.8) is 0 Å². The molecule has 0 spiro atoms. The molecule has 1 heterocycles. The van der Waals surface area contributed by atoms with E-state index >= 15 is 0 Å². The van der Waals surface area contributed by atoms with Crippen LogP contribution in [0.2, 0.25) is 25.7 Å². The summed E-state index contributed by atoms with van der Waals surface area (Å²) in [4.78, 5) is 13.2. The minimum absolute atomic E-state index is 0.340. The van der Waals surface area contributed by atoms with E-state index in [2.05, 4.69) is 26.6 Å². The first kappa shape index (κ1) is 22.5. The van der Waals surface area contributed by atoms with Crippen molar-refractivity contribution in [3.05, 3.63) is 72.1 Å². The van der Waals surface area contributed by atoms with Crippen LogP contribution in [0.1, 0.15) is 16.7 Å². The van der Waals surface area contributed by atoms with Gasteiger partial charge in [-0.25, -0.2) is 0 Å². The molecular weight excluding hydrogens is 394 g/mol. The Labute approximate surface area is 180 Å². The quantitative estimate of drug-likeness (QED) is 0.515. The lowest BCUT2D eigenvalue weighted by Crippen LogP contribution is -2.54. The highest BCUT2D eigenvalue weighted by Gasteiger charge is 2.42. The molecule has 3 unspecified atom stereocenters. The van der Waals surface area contributed by atoms with Crippen molar-refractivity contribution in [1.82, 2.24) is 0 Å². The number of esters is 1. The van der Waals surface area contributed by atoms with Gasteiger partial charge in [0, 0.05) is 14.5 Å². The number of fused-ring (bicyclic) bond motifs is 1. The van der Waals surface area contributed by atoms with Gasteiger partial charge in [-0.3, -0.25) is 15.1 Å². The fourth-order valence-electron chi connectivity index (χ4n) is 3.92. The van der Waals surface area contributed by atoms with Crippen molar-refractivity contribution in [3.8, 4) is 0 Å². The van der Waals surface area contributed by atoms with Gasteiger partial charge in [0.05, 0.1) is 30.4 Å². The van der Waals surface area contributed by atoms with Gasteiger partial charge in [-0.05, 0) is 42.1 Å². The number of carbonyl (C=O) groups excluding carboxylic acids is 1. The molecule has 3 atom stereocenters. The topological polar surface area (TPSA) is 70.0 Å². The molecule has 1 radical (unpaired) electrons. The number of carbonyl (C=O) groups is 1. The van der Waals surface area contributed by atoms with Gasteiger partial charge in [-0.2, -0.15) is 0 Å². The number of aliphatic hydroxyl groups excluding tert-OH is 1. The highest BCUT2D eigenvalue weighted by molar-refractivity contribution is 6.76. The molecule has 2 aromatic carbocycles. The van der Waals surface area contributed by atoms with Crippen molar-refractivity contribution in [1.29, 1.82) is 0 Å². The van der Waals surface area contributed by atoms with Crippen molar-refractivity contribution < 1.29 is 19.8 Å². The number of benzene rings is 2. The minimum Gasteiger partial charge on any atom is -0.466 e. The van der Waals surface area contributed by atoms with Crippen LogP contribution < -0.4 is 5.06 Å². The van der Waals surface area contributed by atoms with Gasteiger partial charge in [0.1, 0.15) is 0 Å². The third-order valence-electron chi connectivity index (χ3n) is 5.71. The molecule has 5 nitrogen and oxygen atoms in total. The molecule has 0 saturated carbocycles. The number of nitrogens with zero attached hydrogens (tertiary/aromatic N) is 1.